The Labute approximate surface area is 135 Å². The maximum atomic E-state index is 12.6. The van der Waals surface area contributed by atoms with Crippen molar-refractivity contribution in [1.29, 1.82) is 0 Å². The predicted octanol–water partition coefficient (Wildman–Crippen LogP) is 1.73. The van der Waals surface area contributed by atoms with Crippen LogP contribution in [0.5, 0.6) is 0 Å². The van der Waals surface area contributed by atoms with Crippen molar-refractivity contribution in [2.45, 2.75) is 44.4 Å². The monoisotopic (exact) mass is 321 g/mol. The topological polar surface area (TPSA) is 84.9 Å². The summed E-state index contributed by atoms with van der Waals surface area (Å²) >= 11 is 0. The van der Waals surface area contributed by atoms with Gasteiger partial charge in [-0.1, -0.05) is 30.3 Å². The van der Waals surface area contributed by atoms with Gasteiger partial charge in [0, 0.05) is 32.1 Å². The molecule has 1 heterocycles. The first-order valence-corrected chi connectivity index (χ1v) is 7.80. The van der Waals surface area contributed by atoms with E-state index >= 15 is 0 Å². The number of carbonyl (C=O) groups is 2. The first kappa shape index (κ1) is 17.4. The minimum absolute atomic E-state index is 0.114. The number of nitrogens with one attached hydrogen (secondary N) is 1. The average molecular weight is 321 g/mol. The Morgan fingerprint density at radius 1 is 1.30 bits per heavy atom. The Balaban J connectivity index is 2.02. The van der Waals surface area contributed by atoms with E-state index < -0.39 is 17.6 Å². The molecule has 0 aliphatic carbocycles. The van der Waals surface area contributed by atoms with E-state index in [9.17, 15) is 9.59 Å². The largest absolute Gasteiger partial charge is 0.481 e. The molecule has 0 saturated carbocycles. The highest BCUT2D eigenvalue weighted by molar-refractivity contribution is 5.86. The molecule has 1 atom stereocenters. The zero-order valence-corrected chi connectivity index (χ0v) is 13.3. The summed E-state index contributed by atoms with van der Waals surface area (Å²) in [5, 5.41) is 11.6. The Kier molecular flexibility index (Phi) is 6.12. The van der Waals surface area contributed by atoms with Gasteiger partial charge >= 0.3 is 5.97 Å². The standard InChI is InChI=1S/C17H23NO5/c1-13(11-15(19)20)18-16(21)17(7-9-22-10-8-17)23-12-14-5-3-2-4-6-14/h2-6,13H,7-12H2,1H3,(H,18,21)(H,19,20). The molecule has 1 saturated heterocycles. The van der Waals surface area contributed by atoms with Crippen molar-refractivity contribution in [2.75, 3.05) is 13.2 Å². The van der Waals surface area contributed by atoms with E-state index in [2.05, 4.69) is 5.32 Å². The van der Waals surface area contributed by atoms with Gasteiger partial charge in [-0.3, -0.25) is 9.59 Å². The molecule has 0 spiro atoms. The van der Waals surface area contributed by atoms with Crippen LogP contribution in [0, 0.1) is 0 Å². The first-order chi connectivity index (χ1) is 11.0. The molecule has 0 radical (unpaired) electrons. The Morgan fingerprint density at radius 3 is 2.57 bits per heavy atom. The molecule has 1 fully saturated rings. The van der Waals surface area contributed by atoms with E-state index in [1.54, 1.807) is 6.92 Å². The van der Waals surface area contributed by atoms with Crippen LogP contribution in [0.3, 0.4) is 0 Å². The lowest BCUT2D eigenvalue weighted by molar-refractivity contribution is -0.164. The van der Waals surface area contributed by atoms with Crippen LogP contribution in [0.1, 0.15) is 31.7 Å². The molecule has 1 amide bonds. The van der Waals surface area contributed by atoms with Gasteiger partial charge in [-0.2, -0.15) is 0 Å². The smallest absolute Gasteiger partial charge is 0.305 e. The summed E-state index contributed by atoms with van der Waals surface area (Å²) in [5.41, 5.74) is 0.0330. The number of benzene rings is 1. The van der Waals surface area contributed by atoms with Gasteiger partial charge < -0.3 is 19.9 Å². The normalized spacial score (nSPS) is 18.1. The van der Waals surface area contributed by atoms with Crippen LogP contribution in [0.2, 0.25) is 0 Å². The average Bonchev–Trinajstić information content (AvgIpc) is 2.54. The van der Waals surface area contributed by atoms with E-state index in [1.165, 1.54) is 0 Å². The molecular formula is C17H23NO5. The summed E-state index contributed by atoms with van der Waals surface area (Å²) in [6.07, 6.45) is 0.813. The van der Waals surface area contributed by atoms with Crippen molar-refractivity contribution >= 4 is 11.9 Å². The first-order valence-electron chi connectivity index (χ1n) is 7.80. The third kappa shape index (κ3) is 5.04. The number of hydrogen-bond donors (Lipinski definition) is 2. The predicted molar refractivity (Wildman–Crippen MR) is 83.9 cm³/mol. The highest BCUT2D eigenvalue weighted by atomic mass is 16.5. The number of carbonyl (C=O) groups excluding carboxylic acids is 1. The molecule has 6 nitrogen and oxygen atoms in total. The number of carboxylic acid groups (broad SMARTS) is 1. The summed E-state index contributed by atoms with van der Waals surface area (Å²) in [6.45, 7) is 2.92. The molecule has 1 aromatic rings. The molecule has 1 aromatic carbocycles. The van der Waals surface area contributed by atoms with E-state index in [4.69, 9.17) is 14.6 Å². The van der Waals surface area contributed by atoms with E-state index in [0.29, 0.717) is 32.7 Å². The fraction of sp³-hybridized carbons (Fsp3) is 0.529. The lowest BCUT2D eigenvalue weighted by Crippen LogP contribution is -2.54. The molecule has 23 heavy (non-hydrogen) atoms. The maximum Gasteiger partial charge on any atom is 0.305 e. The zero-order chi connectivity index (χ0) is 16.7. The number of aliphatic carboxylic acids is 1. The second kappa shape index (κ2) is 8.08. The highest BCUT2D eigenvalue weighted by Gasteiger charge is 2.41. The molecule has 1 aliphatic heterocycles. The molecule has 1 unspecified atom stereocenters. The second-order valence-corrected chi connectivity index (χ2v) is 5.85. The maximum absolute atomic E-state index is 12.6. The molecule has 6 heteroatoms. The molecule has 0 aromatic heterocycles. The fourth-order valence-electron chi connectivity index (χ4n) is 2.60. The SMILES string of the molecule is CC(CC(=O)O)NC(=O)C1(OCc2ccccc2)CCOCC1. The van der Waals surface area contributed by atoms with Crippen LogP contribution in [0.25, 0.3) is 0 Å². The minimum Gasteiger partial charge on any atom is -0.481 e. The van der Waals surface area contributed by atoms with Gasteiger partial charge in [-0.05, 0) is 12.5 Å². The molecule has 0 bridgehead atoms. The van der Waals surface area contributed by atoms with Crippen LogP contribution in [-0.2, 0) is 25.7 Å². The van der Waals surface area contributed by atoms with Crippen molar-refractivity contribution in [3.8, 4) is 0 Å². The van der Waals surface area contributed by atoms with E-state index in [0.717, 1.165) is 5.56 Å². The van der Waals surface area contributed by atoms with E-state index in [-0.39, 0.29) is 12.3 Å². The van der Waals surface area contributed by atoms with Gasteiger partial charge in [-0.15, -0.1) is 0 Å². The van der Waals surface area contributed by atoms with Crippen molar-refractivity contribution in [3.05, 3.63) is 35.9 Å². The number of hydrogen-bond acceptors (Lipinski definition) is 4. The summed E-state index contributed by atoms with van der Waals surface area (Å²) in [6, 6.07) is 9.21. The molecular weight excluding hydrogens is 298 g/mol. The van der Waals surface area contributed by atoms with Gasteiger partial charge in [-0.25, -0.2) is 0 Å². The van der Waals surface area contributed by atoms with E-state index in [1.807, 2.05) is 30.3 Å². The Hall–Kier alpha value is -1.92. The van der Waals surface area contributed by atoms with Crippen LogP contribution < -0.4 is 5.32 Å². The summed E-state index contributed by atoms with van der Waals surface area (Å²) in [5.74, 6) is -1.20. The Morgan fingerprint density at radius 2 is 1.96 bits per heavy atom. The zero-order valence-electron chi connectivity index (χ0n) is 13.3. The van der Waals surface area contributed by atoms with Crippen LogP contribution in [0.15, 0.2) is 30.3 Å². The lowest BCUT2D eigenvalue weighted by atomic mass is 9.92. The van der Waals surface area contributed by atoms with Crippen LogP contribution >= 0.6 is 0 Å². The number of amides is 1. The van der Waals surface area contributed by atoms with Gasteiger partial charge in [0.05, 0.1) is 13.0 Å². The molecule has 126 valence electrons. The number of rotatable bonds is 7. The third-order valence-electron chi connectivity index (χ3n) is 3.93. The fourth-order valence-corrected chi connectivity index (χ4v) is 2.60. The number of ether oxygens (including phenoxy) is 2. The van der Waals surface area contributed by atoms with Crippen molar-refractivity contribution < 1.29 is 24.2 Å². The third-order valence-corrected chi connectivity index (χ3v) is 3.93. The summed E-state index contributed by atoms with van der Waals surface area (Å²) in [7, 11) is 0. The number of carboxylic acids is 1. The van der Waals surface area contributed by atoms with Crippen molar-refractivity contribution in [1.82, 2.24) is 5.32 Å². The Bertz CT molecular complexity index is 525. The van der Waals surface area contributed by atoms with Crippen molar-refractivity contribution in [2.24, 2.45) is 0 Å². The van der Waals surface area contributed by atoms with Gasteiger partial charge in [0.2, 0.25) is 0 Å². The quantitative estimate of drug-likeness (QED) is 0.799. The lowest BCUT2D eigenvalue weighted by Gasteiger charge is -2.36. The van der Waals surface area contributed by atoms with Gasteiger partial charge in [0.15, 0.2) is 5.60 Å². The van der Waals surface area contributed by atoms with Crippen LogP contribution in [-0.4, -0.2) is 41.8 Å². The van der Waals surface area contributed by atoms with Gasteiger partial charge in [0.25, 0.3) is 5.91 Å². The van der Waals surface area contributed by atoms with Crippen LogP contribution in [0.4, 0.5) is 0 Å². The second-order valence-electron chi connectivity index (χ2n) is 5.85. The van der Waals surface area contributed by atoms with Crippen molar-refractivity contribution in [3.63, 3.8) is 0 Å². The minimum atomic E-state index is -0.957. The molecule has 2 rings (SSSR count). The van der Waals surface area contributed by atoms with Gasteiger partial charge in [0.1, 0.15) is 0 Å². The molecule has 2 N–H and O–H groups in total. The summed E-state index contributed by atoms with van der Waals surface area (Å²) < 4.78 is 11.3. The summed E-state index contributed by atoms with van der Waals surface area (Å²) in [4.78, 5) is 23.4. The molecule has 1 aliphatic rings. The highest BCUT2D eigenvalue weighted by Crippen LogP contribution is 2.27.